The molecule has 0 amide bonds. The standard InChI is InChI=1S/C14H11BrFNO3/c1-9-5-6-11(16)13(7-9)20-8-10-3-2-4-12(14(10)15)17(18)19/h2-7H,8H2,1H3. The molecule has 0 bridgehead atoms. The van der Waals surface area contributed by atoms with Gasteiger partial charge in [-0.1, -0.05) is 18.2 Å². The summed E-state index contributed by atoms with van der Waals surface area (Å²) in [5, 5.41) is 10.8. The van der Waals surface area contributed by atoms with Crippen molar-refractivity contribution in [1.82, 2.24) is 0 Å². The van der Waals surface area contributed by atoms with Crippen molar-refractivity contribution in [1.29, 1.82) is 0 Å². The van der Waals surface area contributed by atoms with Crippen LogP contribution in [0.1, 0.15) is 11.1 Å². The number of benzene rings is 2. The van der Waals surface area contributed by atoms with Crippen LogP contribution in [0.3, 0.4) is 0 Å². The van der Waals surface area contributed by atoms with Crippen molar-refractivity contribution in [2.45, 2.75) is 13.5 Å². The SMILES string of the molecule is Cc1ccc(F)c(OCc2cccc([N+](=O)[O-])c2Br)c1. The summed E-state index contributed by atoms with van der Waals surface area (Å²) >= 11 is 3.17. The van der Waals surface area contributed by atoms with Crippen molar-refractivity contribution in [2.75, 3.05) is 0 Å². The molecule has 0 N–H and O–H groups in total. The van der Waals surface area contributed by atoms with E-state index in [1.54, 1.807) is 24.3 Å². The number of ether oxygens (including phenoxy) is 1. The molecule has 4 nitrogen and oxygen atoms in total. The van der Waals surface area contributed by atoms with Crippen LogP contribution in [0.15, 0.2) is 40.9 Å². The number of halogens is 2. The molecule has 20 heavy (non-hydrogen) atoms. The number of rotatable bonds is 4. The van der Waals surface area contributed by atoms with Crippen LogP contribution in [0.4, 0.5) is 10.1 Å². The van der Waals surface area contributed by atoms with Crippen LogP contribution in [0.5, 0.6) is 5.75 Å². The van der Waals surface area contributed by atoms with Gasteiger partial charge in [0.1, 0.15) is 11.1 Å². The van der Waals surface area contributed by atoms with Gasteiger partial charge in [0.2, 0.25) is 0 Å². The first-order valence-electron chi connectivity index (χ1n) is 5.80. The molecule has 0 saturated heterocycles. The molecular formula is C14H11BrFNO3. The summed E-state index contributed by atoms with van der Waals surface area (Å²) in [6.45, 7) is 1.87. The third-order valence-corrected chi connectivity index (χ3v) is 3.64. The quantitative estimate of drug-likeness (QED) is 0.613. The second-order valence-corrected chi connectivity index (χ2v) is 5.02. The van der Waals surface area contributed by atoms with Crippen LogP contribution in [-0.2, 0) is 6.61 Å². The van der Waals surface area contributed by atoms with E-state index in [4.69, 9.17) is 4.74 Å². The van der Waals surface area contributed by atoms with Crippen LogP contribution >= 0.6 is 15.9 Å². The highest BCUT2D eigenvalue weighted by Gasteiger charge is 2.15. The van der Waals surface area contributed by atoms with Gasteiger partial charge in [-0.2, -0.15) is 0 Å². The fourth-order valence-corrected chi connectivity index (χ4v) is 2.22. The first kappa shape index (κ1) is 14.5. The van der Waals surface area contributed by atoms with Crippen molar-refractivity contribution >= 4 is 21.6 Å². The summed E-state index contributed by atoms with van der Waals surface area (Å²) in [7, 11) is 0. The van der Waals surface area contributed by atoms with E-state index in [2.05, 4.69) is 15.9 Å². The van der Waals surface area contributed by atoms with Gasteiger partial charge in [-0.25, -0.2) is 4.39 Å². The predicted octanol–water partition coefficient (Wildman–Crippen LogP) is 4.38. The van der Waals surface area contributed by atoms with Gasteiger partial charge in [0.15, 0.2) is 11.6 Å². The molecule has 2 rings (SSSR count). The van der Waals surface area contributed by atoms with Gasteiger partial charge in [-0.15, -0.1) is 0 Å². The van der Waals surface area contributed by atoms with Gasteiger partial charge in [0.25, 0.3) is 5.69 Å². The van der Waals surface area contributed by atoms with Gasteiger partial charge < -0.3 is 4.74 Å². The molecule has 2 aromatic carbocycles. The van der Waals surface area contributed by atoms with Gasteiger partial charge in [-0.3, -0.25) is 10.1 Å². The molecule has 0 unspecified atom stereocenters. The highest BCUT2D eigenvalue weighted by molar-refractivity contribution is 9.10. The summed E-state index contributed by atoms with van der Waals surface area (Å²) in [4.78, 5) is 10.3. The average molecular weight is 340 g/mol. The third-order valence-electron chi connectivity index (χ3n) is 2.72. The zero-order valence-corrected chi connectivity index (χ0v) is 12.2. The lowest BCUT2D eigenvalue weighted by Gasteiger charge is -2.09. The fraction of sp³-hybridized carbons (Fsp3) is 0.143. The van der Waals surface area contributed by atoms with E-state index in [1.807, 2.05) is 6.92 Å². The minimum Gasteiger partial charge on any atom is -0.486 e. The maximum atomic E-state index is 13.5. The zero-order valence-electron chi connectivity index (χ0n) is 10.6. The highest BCUT2D eigenvalue weighted by atomic mass is 79.9. The Morgan fingerprint density at radius 1 is 1.35 bits per heavy atom. The lowest BCUT2D eigenvalue weighted by molar-refractivity contribution is -0.385. The molecule has 0 radical (unpaired) electrons. The number of nitro benzene ring substituents is 1. The number of nitro groups is 1. The van der Waals surface area contributed by atoms with E-state index in [0.717, 1.165) is 5.56 Å². The summed E-state index contributed by atoms with van der Waals surface area (Å²) < 4.78 is 19.3. The molecule has 2 aromatic rings. The minimum atomic E-state index is -0.485. The van der Waals surface area contributed by atoms with E-state index in [1.165, 1.54) is 12.1 Å². The van der Waals surface area contributed by atoms with Crippen LogP contribution in [0.2, 0.25) is 0 Å². The lowest BCUT2D eigenvalue weighted by atomic mass is 10.2. The van der Waals surface area contributed by atoms with Gasteiger partial charge in [0, 0.05) is 11.6 Å². The molecule has 0 aliphatic heterocycles. The van der Waals surface area contributed by atoms with E-state index in [-0.39, 0.29) is 18.0 Å². The van der Waals surface area contributed by atoms with Crippen molar-refractivity contribution in [3.8, 4) is 5.75 Å². The normalized spacial score (nSPS) is 10.3. The smallest absolute Gasteiger partial charge is 0.283 e. The Morgan fingerprint density at radius 3 is 2.80 bits per heavy atom. The lowest BCUT2D eigenvalue weighted by Crippen LogP contribution is -2.00. The zero-order chi connectivity index (χ0) is 14.7. The molecule has 0 saturated carbocycles. The topological polar surface area (TPSA) is 52.4 Å². The van der Waals surface area contributed by atoms with Crippen molar-refractivity contribution in [3.05, 3.63) is 67.9 Å². The second-order valence-electron chi connectivity index (χ2n) is 4.23. The summed E-state index contributed by atoms with van der Waals surface area (Å²) in [5.74, 6) is -0.333. The van der Waals surface area contributed by atoms with Gasteiger partial charge in [-0.05, 0) is 40.5 Å². The Morgan fingerprint density at radius 2 is 2.10 bits per heavy atom. The summed E-state index contributed by atoms with van der Waals surface area (Å²) in [6, 6.07) is 9.19. The van der Waals surface area contributed by atoms with E-state index >= 15 is 0 Å². The first-order valence-corrected chi connectivity index (χ1v) is 6.59. The predicted molar refractivity (Wildman–Crippen MR) is 76.3 cm³/mol. The Labute approximate surface area is 123 Å². The number of nitrogens with zero attached hydrogens (tertiary/aromatic N) is 1. The minimum absolute atomic E-state index is 0.0443. The molecule has 0 spiro atoms. The molecule has 104 valence electrons. The van der Waals surface area contributed by atoms with Crippen LogP contribution in [0.25, 0.3) is 0 Å². The fourth-order valence-electron chi connectivity index (χ4n) is 1.70. The molecule has 0 aliphatic carbocycles. The molecule has 0 fully saturated rings. The number of aryl methyl sites for hydroxylation is 1. The van der Waals surface area contributed by atoms with Crippen LogP contribution < -0.4 is 4.74 Å². The molecular weight excluding hydrogens is 329 g/mol. The van der Waals surface area contributed by atoms with E-state index < -0.39 is 10.7 Å². The monoisotopic (exact) mass is 339 g/mol. The molecule has 6 heteroatoms. The molecule has 0 atom stereocenters. The van der Waals surface area contributed by atoms with Gasteiger partial charge in [0.05, 0.1) is 4.92 Å². The first-order chi connectivity index (χ1) is 9.49. The van der Waals surface area contributed by atoms with Crippen molar-refractivity contribution in [3.63, 3.8) is 0 Å². The van der Waals surface area contributed by atoms with E-state index in [0.29, 0.717) is 10.0 Å². The molecule has 0 aliphatic rings. The summed E-state index contributed by atoms with van der Waals surface area (Å²) in [5.41, 5.74) is 1.41. The highest BCUT2D eigenvalue weighted by Crippen LogP contribution is 2.29. The van der Waals surface area contributed by atoms with Crippen molar-refractivity contribution < 1.29 is 14.1 Å². The van der Waals surface area contributed by atoms with Crippen LogP contribution in [0, 0.1) is 22.9 Å². The largest absolute Gasteiger partial charge is 0.486 e. The number of hydrogen-bond acceptors (Lipinski definition) is 3. The average Bonchev–Trinajstić information content (AvgIpc) is 2.41. The molecule has 0 heterocycles. The molecule has 0 aromatic heterocycles. The maximum Gasteiger partial charge on any atom is 0.283 e. The van der Waals surface area contributed by atoms with Crippen LogP contribution in [-0.4, -0.2) is 4.92 Å². The Bertz CT molecular complexity index is 661. The summed E-state index contributed by atoms with van der Waals surface area (Å²) in [6.07, 6.45) is 0. The van der Waals surface area contributed by atoms with E-state index in [9.17, 15) is 14.5 Å². The van der Waals surface area contributed by atoms with Crippen molar-refractivity contribution in [2.24, 2.45) is 0 Å². The third kappa shape index (κ3) is 3.14. The Kier molecular flexibility index (Phi) is 4.34. The number of hydrogen-bond donors (Lipinski definition) is 0. The Hall–Kier alpha value is -1.95. The maximum absolute atomic E-state index is 13.5. The Balaban J connectivity index is 2.21. The second kappa shape index (κ2) is 6.00. The van der Waals surface area contributed by atoms with Gasteiger partial charge >= 0.3 is 0 Å².